The van der Waals surface area contributed by atoms with Crippen LogP contribution >= 0.6 is 151 Å². The second kappa shape index (κ2) is 5.68. The highest BCUT2D eigenvalue weighted by Crippen LogP contribution is 2.87. The summed E-state index contributed by atoms with van der Waals surface area (Å²) in [6, 6.07) is 0. The predicted molar refractivity (Wildman–Crippen MR) is 123 cm³/mol. The van der Waals surface area contributed by atoms with Crippen molar-refractivity contribution in [1.29, 1.82) is 0 Å². The van der Waals surface area contributed by atoms with Gasteiger partial charge in [-0.1, -0.05) is 92.8 Å². The van der Waals surface area contributed by atoms with Gasteiger partial charge in [-0.25, -0.2) is 0 Å². The lowest BCUT2D eigenvalue weighted by atomic mass is 9.74. The first-order valence-electron chi connectivity index (χ1n) is 7.39. The second-order valence-corrected chi connectivity index (χ2v) is 15.1. The highest BCUT2D eigenvalue weighted by molar-refractivity contribution is 8.01. The Bertz CT molecular complexity index is 811. The van der Waals surface area contributed by atoms with Crippen molar-refractivity contribution >= 4 is 151 Å². The largest absolute Gasteiger partial charge is 0.167 e. The molecule has 0 aromatic rings. The van der Waals surface area contributed by atoms with E-state index in [2.05, 4.69) is 0 Å². The molecular formula is C14H4Cl12S. The van der Waals surface area contributed by atoms with Crippen LogP contribution in [0.15, 0.2) is 20.1 Å². The molecule has 2 saturated carbocycles. The molecule has 4 bridgehead atoms. The minimum Gasteiger partial charge on any atom is -0.150 e. The van der Waals surface area contributed by atoms with E-state index >= 15 is 0 Å². The summed E-state index contributed by atoms with van der Waals surface area (Å²) in [5.74, 6) is -1.13. The summed E-state index contributed by atoms with van der Waals surface area (Å²) in [6.45, 7) is 0. The molecule has 0 N–H and O–H groups in total. The molecule has 3 fully saturated rings. The lowest BCUT2D eigenvalue weighted by Crippen LogP contribution is -2.51. The van der Waals surface area contributed by atoms with Crippen molar-refractivity contribution in [2.75, 3.05) is 0 Å². The molecule has 5 rings (SSSR count). The van der Waals surface area contributed by atoms with Crippen LogP contribution in [0, 0.1) is 11.8 Å². The number of hydrogen-bond donors (Lipinski definition) is 0. The van der Waals surface area contributed by atoms with Crippen LogP contribution in [0.3, 0.4) is 0 Å². The first-order chi connectivity index (χ1) is 12.1. The Morgan fingerprint density at radius 1 is 0.481 bits per heavy atom. The van der Waals surface area contributed by atoms with E-state index in [0.29, 0.717) is 0 Å². The maximum atomic E-state index is 7.00. The first kappa shape index (κ1) is 22.1. The third-order valence-corrected chi connectivity index (χ3v) is 17.2. The van der Waals surface area contributed by atoms with Crippen molar-refractivity contribution in [2.45, 2.75) is 38.7 Å². The monoisotopic (exact) mass is 624 g/mol. The van der Waals surface area contributed by atoms with Crippen LogP contribution in [0.5, 0.6) is 0 Å². The molecule has 8 atom stereocenters. The van der Waals surface area contributed by atoms with Gasteiger partial charge >= 0.3 is 0 Å². The highest BCUT2D eigenvalue weighted by atomic mass is 35.5. The van der Waals surface area contributed by atoms with E-state index in [1.165, 1.54) is 11.8 Å². The quantitative estimate of drug-likeness (QED) is 0.243. The van der Waals surface area contributed by atoms with Gasteiger partial charge in [0.1, 0.15) is 19.5 Å². The third-order valence-electron chi connectivity index (χ3n) is 6.53. The van der Waals surface area contributed by atoms with Gasteiger partial charge in [0.2, 0.25) is 0 Å². The van der Waals surface area contributed by atoms with Gasteiger partial charge in [-0.2, -0.15) is 0 Å². The van der Waals surface area contributed by atoms with Crippen molar-refractivity contribution in [3.05, 3.63) is 20.1 Å². The number of allylic oxidation sites excluding steroid dienone is 4. The van der Waals surface area contributed by atoms with Crippen molar-refractivity contribution in [1.82, 2.24) is 0 Å². The molecule has 13 heteroatoms. The Kier molecular flexibility index (Phi) is 4.65. The van der Waals surface area contributed by atoms with Gasteiger partial charge in [0.15, 0.2) is 8.67 Å². The number of rotatable bonds is 0. The van der Waals surface area contributed by atoms with Crippen molar-refractivity contribution in [2.24, 2.45) is 11.8 Å². The molecule has 0 aromatic carbocycles. The lowest BCUT2D eigenvalue weighted by molar-refractivity contribution is 0.301. The Labute approximate surface area is 219 Å². The van der Waals surface area contributed by atoms with Crippen LogP contribution in [0.25, 0.3) is 0 Å². The van der Waals surface area contributed by atoms with Gasteiger partial charge in [-0.3, -0.25) is 0 Å². The molecule has 0 unspecified atom stereocenters. The van der Waals surface area contributed by atoms with Gasteiger partial charge in [-0.05, 0) is 0 Å². The highest BCUT2D eigenvalue weighted by Gasteiger charge is 2.93. The van der Waals surface area contributed by atoms with Crippen LogP contribution in [-0.4, -0.2) is 38.7 Å². The number of fused-ring (bicyclic) bond motifs is 11. The second-order valence-electron chi connectivity index (χ2n) is 7.28. The molecular weight excluding hydrogens is 626 g/mol. The first-order valence-corrected chi connectivity index (χ1v) is 12.9. The Hall–Kier alpha value is 3.31. The molecule has 150 valence electrons. The normalized spacial score (nSPS) is 59.1. The molecule has 0 aromatic heterocycles. The topological polar surface area (TPSA) is 0 Å². The minimum absolute atomic E-state index is 0.0703. The fourth-order valence-electron chi connectivity index (χ4n) is 5.34. The maximum Gasteiger partial charge on any atom is 0.167 e. The molecule has 1 aliphatic heterocycles. The smallest absolute Gasteiger partial charge is 0.150 e. The minimum atomic E-state index is -1.71. The van der Waals surface area contributed by atoms with Crippen molar-refractivity contribution in [3.63, 3.8) is 0 Å². The Morgan fingerprint density at radius 3 is 1.04 bits per heavy atom. The number of hydrogen-bond acceptors (Lipinski definition) is 1. The molecule has 4 aliphatic carbocycles. The fraction of sp³-hybridized carbons (Fsp3) is 0.714. The molecule has 0 spiro atoms. The van der Waals surface area contributed by atoms with Gasteiger partial charge in [0.25, 0.3) is 0 Å². The molecule has 5 aliphatic rings. The number of thioether (sulfide) groups is 1. The molecule has 1 saturated heterocycles. The SMILES string of the molecule is ClC1=C(Cl)[C@@]2(Cl)[C@H]3S[C@H]4[C@@H]([C@H]3[C@@]1(Cl)C2(Cl)Cl)[C@]1(Cl)C(Cl)=C(Cl)[C@]4(Cl)C1(Cl)Cl. The molecule has 1 heterocycles. The van der Waals surface area contributed by atoms with E-state index in [1.54, 1.807) is 0 Å². The zero-order valence-corrected chi connectivity index (χ0v) is 22.1. The molecule has 0 nitrogen and oxygen atoms in total. The third kappa shape index (κ3) is 1.76. The van der Waals surface area contributed by atoms with E-state index in [4.69, 9.17) is 139 Å². The van der Waals surface area contributed by atoms with Crippen LogP contribution in [-0.2, 0) is 0 Å². The molecule has 0 radical (unpaired) electrons. The summed E-state index contributed by atoms with van der Waals surface area (Å²) in [7, 11) is 0. The summed E-state index contributed by atoms with van der Waals surface area (Å²) < 4.78 is -3.42. The Morgan fingerprint density at radius 2 is 0.741 bits per heavy atom. The zero-order valence-electron chi connectivity index (χ0n) is 12.3. The van der Waals surface area contributed by atoms with E-state index in [-0.39, 0.29) is 20.1 Å². The summed E-state index contributed by atoms with van der Waals surface area (Å²) in [6.07, 6.45) is 0. The summed E-state index contributed by atoms with van der Waals surface area (Å²) in [5, 5.41) is -0.588. The van der Waals surface area contributed by atoms with Crippen LogP contribution in [0.2, 0.25) is 0 Å². The van der Waals surface area contributed by atoms with Gasteiger partial charge in [0.05, 0.1) is 20.1 Å². The van der Waals surface area contributed by atoms with Crippen molar-refractivity contribution in [3.8, 4) is 0 Å². The average Bonchev–Trinajstić information content (AvgIpc) is 3.16. The van der Waals surface area contributed by atoms with E-state index in [9.17, 15) is 0 Å². The predicted octanol–water partition coefficient (Wildman–Crippen LogP) is 8.39. The molecule has 27 heavy (non-hydrogen) atoms. The molecule has 0 amide bonds. The zero-order chi connectivity index (χ0) is 20.3. The lowest BCUT2D eigenvalue weighted by Gasteiger charge is -2.42. The summed E-state index contributed by atoms with van der Waals surface area (Å²) in [4.78, 5) is -5.95. The van der Waals surface area contributed by atoms with Crippen molar-refractivity contribution < 1.29 is 0 Å². The van der Waals surface area contributed by atoms with Crippen LogP contribution in [0.1, 0.15) is 0 Å². The summed E-state index contributed by atoms with van der Waals surface area (Å²) >= 11 is 81.7. The van der Waals surface area contributed by atoms with Gasteiger partial charge in [0, 0.05) is 22.3 Å². The van der Waals surface area contributed by atoms with E-state index in [0.717, 1.165) is 0 Å². The number of halogens is 12. The Balaban J connectivity index is 1.80. The van der Waals surface area contributed by atoms with E-state index < -0.39 is 50.5 Å². The van der Waals surface area contributed by atoms with Crippen LogP contribution < -0.4 is 0 Å². The van der Waals surface area contributed by atoms with Gasteiger partial charge in [-0.15, -0.1) is 58.2 Å². The average molecular weight is 630 g/mol. The summed E-state index contributed by atoms with van der Waals surface area (Å²) in [5.41, 5.74) is 0. The fourth-order valence-corrected chi connectivity index (χ4v) is 14.4. The number of alkyl halides is 8. The van der Waals surface area contributed by atoms with E-state index in [1.807, 2.05) is 0 Å². The maximum absolute atomic E-state index is 7.00. The van der Waals surface area contributed by atoms with Crippen LogP contribution in [0.4, 0.5) is 0 Å². The standard InChI is InChI=1S/C14H4Cl12S/c15-3-5(17)11(21)7-1(9(3,19)13(11,23)24)2-8(27-7)12(22)6(18)4(16)10(2,20)14(12,25)26/h1-2,7-8H/t1-,2-,7+,8+,9+,10+,11-,12-/m1/s1. The van der Waals surface area contributed by atoms with Gasteiger partial charge < -0.3 is 0 Å².